The average Bonchev–Trinajstić information content (AvgIpc) is 2.85. The van der Waals surface area contributed by atoms with Crippen LogP contribution in [0.4, 0.5) is 4.39 Å². The number of ketones is 2. The van der Waals surface area contributed by atoms with Crippen LogP contribution in [0.25, 0.3) is 0 Å². The topological polar surface area (TPSA) is 74.6 Å². The van der Waals surface area contributed by atoms with Gasteiger partial charge in [0.25, 0.3) is 0 Å². The van der Waals surface area contributed by atoms with Gasteiger partial charge in [0.15, 0.2) is 17.2 Å². The number of carbonyl (C=O) groups is 2. The molecule has 2 N–H and O–H groups in total. The molecule has 0 aromatic rings. The number of aliphatic hydroxyl groups excluding tert-OH is 1. The summed E-state index contributed by atoms with van der Waals surface area (Å²) in [4.78, 5) is 24.2. The first-order chi connectivity index (χ1) is 12.4. The van der Waals surface area contributed by atoms with Crippen LogP contribution in [0.3, 0.4) is 0 Å². The zero-order valence-corrected chi connectivity index (χ0v) is 16.5. The van der Waals surface area contributed by atoms with Crippen LogP contribution in [0.2, 0.25) is 0 Å². The van der Waals surface area contributed by atoms with E-state index >= 15 is 4.39 Å². The molecule has 0 saturated heterocycles. The van der Waals surface area contributed by atoms with Crippen LogP contribution >= 0.6 is 0 Å². The van der Waals surface area contributed by atoms with Gasteiger partial charge in [0.05, 0.1) is 6.10 Å². The predicted molar refractivity (Wildman–Crippen MR) is 98.5 cm³/mol. The number of fused-ring (bicyclic) bond motifs is 5. The molecule has 4 rings (SSSR count). The van der Waals surface area contributed by atoms with Crippen molar-refractivity contribution in [2.45, 2.75) is 70.8 Å². The third-order valence-electron chi connectivity index (χ3n) is 8.70. The van der Waals surface area contributed by atoms with Gasteiger partial charge >= 0.3 is 0 Å². The van der Waals surface area contributed by atoms with Crippen molar-refractivity contribution in [1.82, 2.24) is 0 Å². The lowest BCUT2D eigenvalue weighted by atomic mass is 9.43. The van der Waals surface area contributed by atoms with Crippen molar-refractivity contribution >= 4 is 11.6 Å². The van der Waals surface area contributed by atoms with E-state index in [-0.39, 0.29) is 29.8 Å². The molecule has 3 saturated carbocycles. The molecular weight excluding hydrogens is 347 g/mol. The second-order valence-corrected chi connectivity index (χ2v) is 9.75. The number of aliphatic hydroxyl groups is 2. The third-order valence-corrected chi connectivity index (χ3v) is 8.70. The summed E-state index contributed by atoms with van der Waals surface area (Å²) in [5.74, 6) is -1.11. The van der Waals surface area contributed by atoms with Crippen LogP contribution in [-0.4, -0.2) is 39.2 Å². The van der Waals surface area contributed by atoms with Crippen LogP contribution in [0.5, 0.6) is 0 Å². The average molecular weight is 376 g/mol. The molecule has 5 heteroatoms. The van der Waals surface area contributed by atoms with Crippen LogP contribution in [0, 0.1) is 28.6 Å². The molecule has 4 aliphatic rings. The predicted octanol–water partition coefficient (Wildman–Crippen LogP) is 2.92. The normalized spacial score (nSPS) is 54.0. The highest BCUT2D eigenvalue weighted by Crippen LogP contribution is 2.70. The van der Waals surface area contributed by atoms with E-state index < -0.39 is 34.1 Å². The van der Waals surface area contributed by atoms with Crippen molar-refractivity contribution < 1.29 is 24.2 Å². The quantitative estimate of drug-likeness (QED) is 0.738. The molecule has 4 nitrogen and oxygen atoms in total. The summed E-state index contributed by atoms with van der Waals surface area (Å²) in [7, 11) is 0. The van der Waals surface area contributed by atoms with E-state index in [1.54, 1.807) is 13.0 Å². The molecule has 0 spiro atoms. The van der Waals surface area contributed by atoms with Crippen molar-refractivity contribution in [3.63, 3.8) is 0 Å². The summed E-state index contributed by atoms with van der Waals surface area (Å²) in [5.41, 5.74) is -4.59. The van der Waals surface area contributed by atoms with Crippen LogP contribution in [-0.2, 0) is 9.59 Å². The van der Waals surface area contributed by atoms with E-state index in [2.05, 4.69) is 0 Å². The SMILES string of the molecule is CC(=O)[C@@]1(O)CC[C@H]2[C@@H]3C[C@H](C)C4=CC(=O)C=CC4(C)[C@@]3(F)[C@@H](O)C[C@@]21C. The molecule has 0 radical (unpaired) electrons. The number of halogens is 1. The second-order valence-electron chi connectivity index (χ2n) is 9.75. The first kappa shape index (κ1) is 19.0. The first-order valence-electron chi connectivity index (χ1n) is 9.97. The van der Waals surface area contributed by atoms with Gasteiger partial charge in [-0.05, 0) is 63.5 Å². The third kappa shape index (κ3) is 2.00. The van der Waals surface area contributed by atoms with Crippen molar-refractivity contribution in [2.24, 2.45) is 28.6 Å². The highest BCUT2D eigenvalue weighted by Gasteiger charge is 2.74. The van der Waals surface area contributed by atoms with E-state index in [9.17, 15) is 19.8 Å². The Hall–Kier alpha value is -1.33. The molecule has 0 aromatic carbocycles. The smallest absolute Gasteiger partial charge is 0.178 e. The minimum Gasteiger partial charge on any atom is -0.390 e. The fraction of sp³-hybridized carbons (Fsp3) is 0.727. The second kappa shape index (κ2) is 5.38. The lowest BCUT2D eigenvalue weighted by molar-refractivity contribution is -0.219. The van der Waals surface area contributed by atoms with Crippen molar-refractivity contribution in [3.05, 3.63) is 23.8 Å². The zero-order valence-electron chi connectivity index (χ0n) is 16.5. The molecule has 8 atom stereocenters. The summed E-state index contributed by atoms with van der Waals surface area (Å²) in [6, 6.07) is 0. The number of hydrogen-bond donors (Lipinski definition) is 2. The molecule has 4 aliphatic carbocycles. The number of allylic oxidation sites excluding steroid dienone is 4. The molecular formula is C22H29FO4. The van der Waals surface area contributed by atoms with Gasteiger partial charge in [-0.3, -0.25) is 9.59 Å². The zero-order chi connectivity index (χ0) is 20.0. The van der Waals surface area contributed by atoms with Crippen LogP contribution in [0.1, 0.15) is 53.4 Å². The maximum atomic E-state index is 16.9. The van der Waals surface area contributed by atoms with Gasteiger partial charge in [0.1, 0.15) is 5.60 Å². The van der Waals surface area contributed by atoms with Crippen molar-refractivity contribution in [2.75, 3.05) is 0 Å². The molecule has 0 heterocycles. The van der Waals surface area contributed by atoms with Crippen molar-refractivity contribution in [3.8, 4) is 0 Å². The van der Waals surface area contributed by atoms with E-state index in [4.69, 9.17) is 0 Å². The van der Waals surface area contributed by atoms with Gasteiger partial charge in [-0.25, -0.2) is 4.39 Å². The van der Waals surface area contributed by atoms with Gasteiger partial charge < -0.3 is 10.2 Å². The Morgan fingerprint density at radius 3 is 2.59 bits per heavy atom. The maximum absolute atomic E-state index is 16.9. The first-order valence-corrected chi connectivity index (χ1v) is 9.97. The largest absolute Gasteiger partial charge is 0.390 e. The summed E-state index contributed by atoms with van der Waals surface area (Å²) in [5, 5.41) is 22.3. The number of Topliss-reactive ketones (excluding diaryl/α,β-unsaturated/α-hetero) is 1. The minimum absolute atomic E-state index is 0.00153. The van der Waals surface area contributed by atoms with Gasteiger partial charge in [0.2, 0.25) is 0 Å². The maximum Gasteiger partial charge on any atom is 0.178 e. The fourth-order valence-corrected chi connectivity index (χ4v) is 7.18. The Morgan fingerprint density at radius 2 is 1.96 bits per heavy atom. The molecule has 1 unspecified atom stereocenters. The van der Waals surface area contributed by atoms with Crippen LogP contribution in [0.15, 0.2) is 23.8 Å². The van der Waals surface area contributed by atoms with E-state index in [0.29, 0.717) is 19.3 Å². The number of rotatable bonds is 1. The fourth-order valence-electron chi connectivity index (χ4n) is 7.18. The molecule has 0 amide bonds. The monoisotopic (exact) mass is 376 g/mol. The highest BCUT2D eigenvalue weighted by molar-refractivity contribution is 6.01. The van der Waals surface area contributed by atoms with Gasteiger partial charge in [-0.15, -0.1) is 0 Å². The standard InChI is InChI=1S/C22H29FO4/c1-12-9-17-15-6-8-21(27,13(2)24)20(15,4)11-18(26)22(17,23)19(3)7-5-14(25)10-16(12)19/h5,7,10,12,15,17-18,26-27H,6,8-9,11H2,1-4H3/t12-,15-,17-,18-,19?,20-,21-,22-/m0/s1. The number of hydrogen-bond acceptors (Lipinski definition) is 4. The van der Waals surface area contributed by atoms with Gasteiger partial charge in [-0.2, -0.15) is 0 Å². The summed E-state index contributed by atoms with van der Waals surface area (Å²) in [6.07, 6.45) is 4.68. The Balaban J connectivity index is 1.86. The lowest BCUT2D eigenvalue weighted by Gasteiger charge is -2.63. The molecule has 3 fully saturated rings. The lowest BCUT2D eigenvalue weighted by Crippen LogP contribution is -2.69. The Bertz CT molecular complexity index is 787. The Labute approximate surface area is 159 Å². The highest BCUT2D eigenvalue weighted by atomic mass is 19.1. The van der Waals surface area contributed by atoms with E-state index in [1.807, 2.05) is 13.8 Å². The molecule has 148 valence electrons. The number of alkyl halides is 1. The molecule has 0 bridgehead atoms. The van der Waals surface area contributed by atoms with Crippen LogP contribution < -0.4 is 0 Å². The Kier molecular flexibility index (Phi) is 3.79. The van der Waals surface area contributed by atoms with Gasteiger partial charge in [0, 0.05) is 16.7 Å². The summed E-state index contributed by atoms with van der Waals surface area (Å²) >= 11 is 0. The van der Waals surface area contributed by atoms with E-state index in [0.717, 1.165) is 5.57 Å². The summed E-state index contributed by atoms with van der Waals surface area (Å²) in [6.45, 7) is 7.01. The van der Waals surface area contributed by atoms with E-state index in [1.165, 1.54) is 19.1 Å². The minimum atomic E-state index is -1.92. The summed E-state index contributed by atoms with van der Waals surface area (Å²) < 4.78 is 16.9. The number of carbonyl (C=O) groups excluding carboxylic acids is 2. The molecule has 0 aromatic heterocycles. The Morgan fingerprint density at radius 1 is 1.30 bits per heavy atom. The molecule has 27 heavy (non-hydrogen) atoms. The van der Waals surface area contributed by atoms with Gasteiger partial charge in [-0.1, -0.05) is 25.5 Å². The van der Waals surface area contributed by atoms with Crippen molar-refractivity contribution in [1.29, 1.82) is 0 Å². The molecule has 0 aliphatic heterocycles.